The minimum atomic E-state index is -0.127. The molecule has 6 nitrogen and oxygen atoms in total. The first-order valence-corrected chi connectivity index (χ1v) is 8.83. The van der Waals surface area contributed by atoms with E-state index in [4.69, 9.17) is 9.47 Å². The van der Waals surface area contributed by atoms with Crippen LogP contribution in [0.4, 0.5) is 0 Å². The van der Waals surface area contributed by atoms with Gasteiger partial charge in [-0.25, -0.2) is 0 Å². The summed E-state index contributed by atoms with van der Waals surface area (Å²) < 4.78 is 13.2. The molecule has 3 heterocycles. The molecule has 0 radical (unpaired) electrons. The van der Waals surface area contributed by atoms with Crippen LogP contribution in [-0.2, 0) is 17.8 Å². The van der Waals surface area contributed by atoms with E-state index in [1.165, 1.54) is 0 Å². The molecule has 0 unspecified atom stereocenters. The first-order valence-electron chi connectivity index (χ1n) is 8.83. The highest BCUT2D eigenvalue weighted by Crippen LogP contribution is 2.37. The Balaban J connectivity index is 1.47. The third kappa shape index (κ3) is 3.08. The third-order valence-electron chi connectivity index (χ3n) is 5.14. The van der Waals surface area contributed by atoms with Crippen LogP contribution in [0.1, 0.15) is 18.4 Å². The van der Waals surface area contributed by atoms with Crippen molar-refractivity contribution in [1.82, 2.24) is 14.7 Å². The number of methoxy groups -OCH3 is 1. The fraction of sp³-hybridized carbons (Fsp3) is 0.474. The molecule has 0 N–H and O–H groups in total. The van der Waals surface area contributed by atoms with E-state index in [-0.39, 0.29) is 17.9 Å². The number of aromatic nitrogens is 2. The molecule has 0 aliphatic carbocycles. The quantitative estimate of drug-likeness (QED) is 0.855. The van der Waals surface area contributed by atoms with E-state index in [0.717, 1.165) is 43.0 Å². The average molecular weight is 341 g/mol. The van der Waals surface area contributed by atoms with Crippen molar-refractivity contribution in [3.8, 4) is 11.5 Å². The number of carbonyl (C=O) groups is 1. The number of para-hydroxylation sites is 1. The van der Waals surface area contributed by atoms with Gasteiger partial charge < -0.3 is 14.4 Å². The zero-order valence-electron chi connectivity index (χ0n) is 14.4. The van der Waals surface area contributed by atoms with Crippen molar-refractivity contribution < 1.29 is 14.3 Å². The standard InChI is InChI=1S/C19H23N3O3/c1-24-17-7-2-5-14-11-15(13-25-18(14)17)19(23)22-10-3-6-16(22)12-21-9-4-8-20-21/h2,4-5,7-9,15-16H,3,6,10-13H2,1H3/t15-,16+/m1/s1. The molecular weight excluding hydrogens is 318 g/mol. The van der Waals surface area contributed by atoms with Crippen molar-refractivity contribution in [1.29, 1.82) is 0 Å². The fourth-order valence-corrected chi connectivity index (χ4v) is 3.89. The molecule has 2 aliphatic heterocycles. The lowest BCUT2D eigenvalue weighted by Gasteiger charge is -2.32. The van der Waals surface area contributed by atoms with Crippen LogP contribution in [0.25, 0.3) is 0 Å². The van der Waals surface area contributed by atoms with E-state index in [2.05, 4.69) is 5.10 Å². The average Bonchev–Trinajstić information content (AvgIpc) is 3.32. The first-order chi connectivity index (χ1) is 12.3. The normalized spacial score (nSPS) is 22.4. The smallest absolute Gasteiger partial charge is 0.229 e. The monoisotopic (exact) mass is 341 g/mol. The van der Waals surface area contributed by atoms with Crippen LogP contribution in [0.2, 0.25) is 0 Å². The van der Waals surface area contributed by atoms with E-state index in [1.54, 1.807) is 13.3 Å². The minimum absolute atomic E-state index is 0.127. The summed E-state index contributed by atoms with van der Waals surface area (Å²) in [5.74, 6) is 1.59. The molecule has 1 aromatic heterocycles. The molecule has 0 saturated carbocycles. The van der Waals surface area contributed by atoms with Gasteiger partial charge in [-0.1, -0.05) is 12.1 Å². The second-order valence-corrected chi connectivity index (χ2v) is 6.72. The Bertz CT molecular complexity index is 744. The van der Waals surface area contributed by atoms with Gasteiger partial charge in [0, 0.05) is 18.9 Å². The summed E-state index contributed by atoms with van der Waals surface area (Å²) in [5, 5.41) is 4.27. The minimum Gasteiger partial charge on any atom is -0.493 e. The Morgan fingerprint density at radius 2 is 2.32 bits per heavy atom. The van der Waals surface area contributed by atoms with E-state index in [0.29, 0.717) is 13.0 Å². The molecule has 1 saturated heterocycles. The van der Waals surface area contributed by atoms with Gasteiger partial charge in [-0.3, -0.25) is 9.48 Å². The predicted octanol–water partition coefficient (Wildman–Crippen LogP) is 2.13. The summed E-state index contributed by atoms with van der Waals surface area (Å²) in [6, 6.07) is 7.99. The van der Waals surface area contributed by atoms with Gasteiger partial charge in [-0.2, -0.15) is 5.10 Å². The molecule has 6 heteroatoms. The number of ether oxygens (including phenoxy) is 2. The molecule has 2 atom stereocenters. The number of benzene rings is 1. The lowest BCUT2D eigenvalue weighted by molar-refractivity contribution is -0.138. The first kappa shape index (κ1) is 16.0. The number of nitrogens with zero attached hydrogens (tertiary/aromatic N) is 3. The van der Waals surface area contributed by atoms with Gasteiger partial charge in [0.25, 0.3) is 0 Å². The molecule has 132 valence electrons. The zero-order chi connectivity index (χ0) is 17.2. The highest BCUT2D eigenvalue weighted by Gasteiger charge is 2.36. The summed E-state index contributed by atoms with van der Waals surface area (Å²) in [6.07, 6.45) is 6.52. The summed E-state index contributed by atoms with van der Waals surface area (Å²) >= 11 is 0. The van der Waals surface area contributed by atoms with Gasteiger partial charge in [-0.15, -0.1) is 0 Å². The van der Waals surface area contributed by atoms with Crippen molar-refractivity contribution in [2.75, 3.05) is 20.3 Å². The maximum atomic E-state index is 13.1. The van der Waals surface area contributed by atoms with Crippen molar-refractivity contribution in [2.45, 2.75) is 31.8 Å². The predicted molar refractivity (Wildman–Crippen MR) is 92.6 cm³/mol. The van der Waals surface area contributed by atoms with Crippen LogP contribution in [0.5, 0.6) is 11.5 Å². The molecule has 1 aromatic carbocycles. The highest BCUT2D eigenvalue weighted by atomic mass is 16.5. The van der Waals surface area contributed by atoms with Crippen LogP contribution in [0, 0.1) is 5.92 Å². The van der Waals surface area contributed by atoms with E-state index in [1.807, 2.05) is 40.0 Å². The molecule has 25 heavy (non-hydrogen) atoms. The molecule has 0 bridgehead atoms. The maximum absolute atomic E-state index is 13.1. The van der Waals surface area contributed by atoms with Crippen LogP contribution in [-0.4, -0.2) is 46.9 Å². The molecule has 2 aromatic rings. The maximum Gasteiger partial charge on any atom is 0.229 e. The van der Waals surface area contributed by atoms with Crippen molar-refractivity contribution in [3.63, 3.8) is 0 Å². The third-order valence-corrected chi connectivity index (χ3v) is 5.14. The summed E-state index contributed by atoms with van der Waals surface area (Å²) in [6.45, 7) is 2.00. The van der Waals surface area contributed by atoms with Gasteiger partial charge in [0.2, 0.25) is 5.91 Å². The molecule has 1 fully saturated rings. The summed E-state index contributed by atoms with van der Waals surface area (Å²) in [7, 11) is 1.64. The van der Waals surface area contributed by atoms with Gasteiger partial charge >= 0.3 is 0 Å². The Kier molecular flexibility index (Phi) is 4.34. The molecule has 2 aliphatic rings. The number of rotatable bonds is 4. The number of fused-ring (bicyclic) bond motifs is 1. The topological polar surface area (TPSA) is 56.6 Å². The largest absolute Gasteiger partial charge is 0.493 e. The van der Waals surface area contributed by atoms with Gasteiger partial charge in [0.05, 0.1) is 25.6 Å². The second-order valence-electron chi connectivity index (χ2n) is 6.72. The molecule has 0 spiro atoms. The lowest BCUT2D eigenvalue weighted by Crippen LogP contribution is -2.44. The number of likely N-dealkylation sites (tertiary alicyclic amines) is 1. The number of hydrogen-bond acceptors (Lipinski definition) is 4. The number of amides is 1. The highest BCUT2D eigenvalue weighted by molar-refractivity contribution is 5.80. The molecular formula is C19H23N3O3. The Morgan fingerprint density at radius 1 is 1.40 bits per heavy atom. The van der Waals surface area contributed by atoms with E-state index >= 15 is 0 Å². The molecule has 1 amide bonds. The SMILES string of the molecule is COc1cccc2c1OC[C@H](C(=O)N1CCC[C@H]1Cn1cccn1)C2. The number of hydrogen-bond donors (Lipinski definition) is 0. The Morgan fingerprint density at radius 3 is 3.12 bits per heavy atom. The second kappa shape index (κ2) is 6.78. The van der Waals surface area contributed by atoms with Crippen LogP contribution in [0.15, 0.2) is 36.7 Å². The Labute approximate surface area is 147 Å². The van der Waals surface area contributed by atoms with Crippen molar-refractivity contribution >= 4 is 5.91 Å². The lowest BCUT2D eigenvalue weighted by atomic mass is 9.95. The fourth-order valence-electron chi connectivity index (χ4n) is 3.89. The van der Waals surface area contributed by atoms with Gasteiger partial charge in [-0.05, 0) is 37.0 Å². The van der Waals surface area contributed by atoms with E-state index < -0.39 is 0 Å². The van der Waals surface area contributed by atoms with Crippen molar-refractivity contribution in [2.24, 2.45) is 5.92 Å². The van der Waals surface area contributed by atoms with Crippen LogP contribution < -0.4 is 9.47 Å². The van der Waals surface area contributed by atoms with Crippen LogP contribution in [0.3, 0.4) is 0 Å². The van der Waals surface area contributed by atoms with Crippen molar-refractivity contribution in [3.05, 3.63) is 42.2 Å². The summed E-state index contributed by atoms with van der Waals surface area (Å²) in [5.41, 5.74) is 1.05. The zero-order valence-corrected chi connectivity index (χ0v) is 14.4. The van der Waals surface area contributed by atoms with Crippen LogP contribution >= 0.6 is 0 Å². The summed E-state index contributed by atoms with van der Waals surface area (Å²) in [4.78, 5) is 15.1. The van der Waals surface area contributed by atoms with Gasteiger partial charge in [0.1, 0.15) is 6.61 Å². The Hall–Kier alpha value is -2.50. The van der Waals surface area contributed by atoms with E-state index in [9.17, 15) is 4.79 Å². The number of carbonyl (C=O) groups excluding carboxylic acids is 1. The van der Waals surface area contributed by atoms with Gasteiger partial charge in [0.15, 0.2) is 11.5 Å². The molecule has 4 rings (SSSR count).